The first-order valence-electron chi connectivity index (χ1n) is 5.64. The molecule has 0 bridgehead atoms. The molecule has 0 unspecified atom stereocenters. The maximum Gasteiger partial charge on any atom is 0.243 e. The molecule has 3 N–H and O–H groups in total. The van der Waals surface area contributed by atoms with E-state index in [1.807, 2.05) is 11.4 Å². The maximum atomic E-state index is 13.7. The zero-order valence-corrected chi connectivity index (χ0v) is 13.5. The van der Waals surface area contributed by atoms with Crippen LogP contribution in [0.1, 0.15) is 10.4 Å². The first-order chi connectivity index (χ1) is 9.44. The van der Waals surface area contributed by atoms with E-state index in [0.29, 0.717) is 5.56 Å². The van der Waals surface area contributed by atoms with E-state index in [2.05, 4.69) is 20.7 Å². The molecule has 0 amide bonds. The summed E-state index contributed by atoms with van der Waals surface area (Å²) >= 11 is 4.72. The van der Waals surface area contributed by atoms with E-state index < -0.39 is 15.8 Å². The van der Waals surface area contributed by atoms with E-state index in [1.54, 1.807) is 0 Å². The topological polar surface area (TPSA) is 72.2 Å². The quantitative estimate of drug-likeness (QED) is 0.839. The third kappa shape index (κ3) is 3.44. The van der Waals surface area contributed by atoms with Gasteiger partial charge in [-0.25, -0.2) is 17.5 Å². The molecule has 0 aliphatic carbocycles. The van der Waals surface area contributed by atoms with Gasteiger partial charge in [0.05, 0.1) is 0 Å². The van der Waals surface area contributed by atoms with E-state index in [4.69, 9.17) is 5.73 Å². The van der Waals surface area contributed by atoms with Crippen LogP contribution in [0.2, 0.25) is 0 Å². The van der Waals surface area contributed by atoms with Gasteiger partial charge in [-0.3, -0.25) is 0 Å². The van der Waals surface area contributed by atoms with Gasteiger partial charge in [-0.15, -0.1) is 11.3 Å². The highest BCUT2D eigenvalue weighted by molar-refractivity contribution is 9.10. The van der Waals surface area contributed by atoms with Gasteiger partial charge in [0, 0.05) is 22.4 Å². The van der Waals surface area contributed by atoms with E-state index >= 15 is 0 Å². The van der Waals surface area contributed by atoms with E-state index in [1.165, 1.54) is 23.5 Å². The van der Waals surface area contributed by atoms with Crippen molar-refractivity contribution in [3.63, 3.8) is 0 Å². The van der Waals surface area contributed by atoms with Gasteiger partial charge in [0.1, 0.15) is 10.7 Å². The summed E-state index contributed by atoms with van der Waals surface area (Å²) < 4.78 is 41.1. The van der Waals surface area contributed by atoms with Gasteiger partial charge in [0.15, 0.2) is 0 Å². The fourth-order valence-corrected chi connectivity index (χ4v) is 4.21. The lowest BCUT2D eigenvalue weighted by Gasteiger charge is -2.08. The van der Waals surface area contributed by atoms with Crippen molar-refractivity contribution < 1.29 is 12.8 Å². The molecule has 108 valence electrons. The van der Waals surface area contributed by atoms with Gasteiger partial charge in [0.2, 0.25) is 10.0 Å². The molecule has 0 aliphatic rings. The zero-order valence-electron chi connectivity index (χ0n) is 10.3. The van der Waals surface area contributed by atoms with Crippen molar-refractivity contribution in [2.24, 2.45) is 5.73 Å². The minimum absolute atomic E-state index is 0.104. The molecule has 0 radical (unpaired) electrons. The molecule has 0 spiro atoms. The van der Waals surface area contributed by atoms with Gasteiger partial charge in [0.25, 0.3) is 0 Å². The zero-order chi connectivity index (χ0) is 14.8. The standard InChI is InChI=1S/C12H12BrFN2O2S2/c13-9-3-4-19-11(9)7-16-20(17,18)12-5-8(6-15)1-2-10(12)14/h1-5,16H,6-7,15H2. The Balaban J connectivity index is 2.24. The third-order valence-corrected chi connectivity index (χ3v) is 5.98. The highest BCUT2D eigenvalue weighted by Crippen LogP contribution is 2.23. The van der Waals surface area contributed by atoms with Crippen LogP contribution in [0.15, 0.2) is 39.0 Å². The molecule has 0 saturated carbocycles. The number of nitrogens with one attached hydrogen (secondary N) is 1. The van der Waals surface area contributed by atoms with Crippen molar-refractivity contribution >= 4 is 37.3 Å². The number of nitrogens with two attached hydrogens (primary N) is 1. The molecular weight excluding hydrogens is 367 g/mol. The SMILES string of the molecule is NCc1ccc(F)c(S(=O)(=O)NCc2sccc2Br)c1. The van der Waals surface area contributed by atoms with Crippen LogP contribution < -0.4 is 10.5 Å². The number of hydrogen-bond donors (Lipinski definition) is 2. The molecular formula is C12H12BrFN2O2S2. The highest BCUT2D eigenvalue weighted by Gasteiger charge is 2.19. The molecule has 0 aliphatic heterocycles. The molecule has 1 heterocycles. The molecule has 0 atom stereocenters. The van der Waals surface area contributed by atoms with Crippen LogP contribution >= 0.6 is 27.3 Å². The van der Waals surface area contributed by atoms with E-state index in [0.717, 1.165) is 15.4 Å². The maximum absolute atomic E-state index is 13.7. The first-order valence-corrected chi connectivity index (χ1v) is 8.79. The average molecular weight is 379 g/mol. The van der Waals surface area contributed by atoms with Crippen LogP contribution in [-0.4, -0.2) is 8.42 Å². The Morgan fingerprint density at radius 1 is 1.35 bits per heavy atom. The van der Waals surface area contributed by atoms with Crippen molar-refractivity contribution in [3.05, 3.63) is 50.4 Å². The summed E-state index contributed by atoms with van der Waals surface area (Å²) in [7, 11) is -3.91. The second-order valence-electron chi connectivity index (χ2n) is 3.99. The second-order valence-corrected chi connectivity index (χ2v) is 7.58. The smallest absolute Gasteiger partial charge is 0.243 e. The van der Waals surface area contributed by atoms with Crippen LogP contribution in [0.25, 0.3) is 0 Å². The number of hydrogen-bond acceptors (Lipinski definition) is 4. The molecule has 1 aromatic carbocycles. The second kappa shape index (κ2) is 6.31. The lowest BCUT2D eigenvalue weighted by atomic mass is 10.2. The molecule has 2 aromatic rings. The normalized spacial score (nSPS) is 11.8. The highest BCUT2D eigenvalue weighted by atomic mass is 79.9. The molecule has 8 heteroatoms. The van der Waals surface area contributed by atoms with E-state index in [9.17, 15) is 12.8 Å². The summed E-state index contributed by atoms with van der Waals surface area (Å²) in [6.45, 7) is 0.256. The number of sulfonamides is 1. The van der Waals surface area contributed by atoms with Crippen molar-refractivity contribution in [1.29, 1.82) is 0 Å². The van der Waals surface area contributed by atoms with Gasteiger partial charge < -0.3 is 5.73 Å². The summed E-state index contributed by atoms with van der Waals surface area (Å²) in [5.74, 6) is -0.792. The molecule has 2 rings (SSSR count). The monoisotopic (exact) mass is 378 g/mol. The van der Waals surface area contributed by atoms with Crippen LogP contribution in [0, 0.1) is 5.82 Å². The van der Waals surface area contributed by atoms with Gasteiger partial charge in [-0.1, -0.05) is 6.07 Å². The fraction of sp³-hybridized carbons (Fsp3) is 0.167. The minimum atomic E-state index is -3.91. The predicted molar refractivity (Wildman–Crippen MR) is 80.3 cm³/mol. The third-order valence-electron chi connectivity index (χ3n) is 2.63. The molecule has 4 nitrogen and oxygen atoms in total. The predicted octanol–water partition coefficient (Wildman–Crippen LogP) is 2.59. The Hall–Kier alpha value is -0.800. The number of halogens is 2. The summed E-state index contributed by atoms with van der Waals surface area (Å²) in [6, 6.07) is 5.65. The van der Waals surface area contributed by atoms with Crippen molar-refractivity contribution in [1.82, 2.24) is 4.72 Å². The summed E-state index contributed by atoms with van der Waals surface area (Å²) in [5.41, 5.74) is 6.00. The van der Waals surface area contributed by atoms with Gasteiger partial charge in [-0.05, 0) is 45.1 Å². The Morgan fingerprint density at radius 3 is 2.70 bits per heavy atom. The number of benzene rings is 1. The van der Waals surface area contributed by atoms with Crippen LogP contribution in [-0.2, 0) is 23.1 Å². The number of rotatable bonds is 5. The van der Waals surface area contributed by atoms with Gasteiger partial charge >= 0.3 is 0 Å². The van der Waals surface area contributed by atoms with Crippen LogP contribution in [0.4, 0.5) is 4.39 Å². The Morgan fingerprint density at radius 2 is 2.10 bits per heavy atom. The van der Waals surface area contributed by atoms with Crippen molar-refractivity contribution in [2.45, 2.75) is 18.0 Å². The average Bonchev–Trinajstić information content (AvgIpc) is 2.82. The van der Waals surface area contributed by atoms with Crippen molar-refractivity contribution in [3.8, 4) is 0 Å². The fourth-order valence-electron chi connectivity index (χ4n) is 1.57. The van der Waals surface area contributed by atoms with Gasteiger partial charge in [-0.2, -0.15) is 0 Å². The Bertz CT molecular complexity index is 716. The molecule has 0 fully saturated rings. The largest absolute Gasteiger partial charge is 0.326 e. The lowest BCUT2D eigenvalue weighted by Crippen LogP contribution is -2.24. The van der Waals surface area contributed by atoms with Crippen molar-refractivity contribution in [2.75, 3.05) is 0 Å². The lowest BCUT2D eigenvalue weighted by molar-refractivity contribution is 0.556. The summed E-state index contributed by atoms with van der Waals surface area (Å²) in [5, 5.41) is 1.84. The van der Waals surface area contributed by atoms with Crippen LogP contribution in [0.3, 0.4) is 0 Å². The molecule has 0 saturated heterocycles. The number of thiophene rings is 1. The first kappa shape index (κ1) is 15.6. The molecule has 1 aromatic heterocycles. The summed E-state index contributed by atoms with van der Waals surface area (Å²) in [6.07, 6.45) is 0. The Kier molecular flexibility index (Phi) is 4.92. The van der Waals surface area contributed by atoms with Crippen LogP contribution in [0.5, 0.6) is 0 Å². The minimum Gasteiger partial charge on any atom is -0.326 e. The van der Waals surface area contributed by atoms with E-state index in [-0.39, 0.29) is 18.0 Å². The molecule has 20 heavy (non-hydrogen) atoms. The Labute approximate surface area is 129 Å². The summed E-state index contributed by atoms with van der Waals surface area (Å²) in [4.78, 5) is 0.442.